The van der Waals surface area contributed by atoms with Crippen LogP contribution in [0.4, 0.5) is 0 Å². The molecule has 2 aromatic heterocycles. The second kappa shape index (κ2) is 4.83. The number of aryl methyl sites for hydroxylation is 1. The molecule has 0 saturated heterocycles. The minimum Gasteiger partial charge on any atom is -0.343 e. The summed E-state index contributed by atoms with van der Waals surface area (Å²) in [4.78, 5) is 1.39. The van der Waals surface area contributed by atoms with E-state index in [4.69, 9.17) is 5.73 Å². The molecule has 1 aliphatic rings. The van der Waals surface area contributed by atoms with Crippen molar-refractivity contribution in [3.8, 4) is 0 Å². The molecule has 0 spiro atoms. The van der Waals surface area contributed by atoms with Crippen LogP contribution >= 0.6 is 27.3 Å². The number of thiophene rings is 1. The van der Waals surface area contributed by atoms with Gasteiger partial charge in [-0.3, -0.25) is 0 Å². The minimum absolute atomic E-state index is 0.240. The van der Waals surface area contributed by atoms with E-state index in [2.05, 4.69) is 45.6 Å². The van der Waals surface area contributed by atoms with Gasteiger partial charge < -0.3 is 10.3 Å². The van der Waals surface area contributed by atoms with Gasteiger partial charge in [-0.25, -0.2) is 0 Å². The van der Waals surface area contributed by atoms with E-state index in [-0.39, 0.29) is 6.04 Å². The zero-order valence-corrected chi connectivity index (χ0v) is 12.9. The highest BCUT2D eigenvalue weighted by atomic mass is 79.9. The van der Waals surface area contributed by atoms with Gasteiger partial charge >= 0.3 is 0 Å². The molecular weight excluding hydrogens is 308 g/mol. The van der Waals surface area contributed by atoms with Crippen LogP contribution in [-0.2, 0) is 13.0 Å². The molecule has 0 amide bonds. The van der Waals surface area contributed by atoms with Crippen LogP contribution in [0.3, 0.4) is 0 Å². The van der Waals surface area contributed by atoms with Gasteiger partial charge in [0.2, 0.25) is 0 Å². The van der Waals surface area contributed by atoms with Crippen molar-refractivity contribution in [2.45, 2.75) is 38.8 Å². The molecular formula is C14H17BrN2S. The largest absolute Gasteiger partial charge is 0.343 e. The zero-order chi connectivity index (χ0) is 12.7. The fourth-order valence-corrected chi connectivity index (χ4v) is 4.29. The molecule has 0 aliphatic heterocycles. The summed E-state index contributed by atoms with van der Waals surface area (Å²) in [5.41, 5.74) is 10.4. The van der Waals surface area contributed by atoms with Gasteiger partial charge in [-0.2, -0.15) is 0 Å². The molecule has 0 fully saturated rings. The molecule has 2 N–H and O–H groups in total. The van der Waals surface area contributed by atoms with Crippen LogP contribution in [0.2, 0.25) is 0 Å². The predicted octanol–water partition coefficient (Wildman–Crippen LogP) is 4.00. The third-order valence-corrected chi connectivity index (χ3v) is 5.33. The van der Waals surface area contributed by atoms with Crippen molar-refractivity contribution in [1.82, 2.24) is 4.57 Å². The average Bonchev–Trinajstić information content (AvgIpc) is 2.87. The lowest BCUT2D eigenvalue weighted by atomic mass is 9.93. The van der Waals surface area contributed by atoms with Crippen molar-refractivity contribution >= 4 is 27.3 Å². The summed E-state index contributed by atoms with van der Waals surface area (Å²) >= 11 is 5.34. The van der Waals surface area contributed by atoms with E-state index in [1.165, 1.54) is 38.5 Å². The first-order valence-electron chi connectivity index (χ1n) is 6.34. The summed E-state index contributed by atoms with van der Waals surface area (Å²) in [7, 11) is 0. The Labute approximate surface area is 120 Å². The maximum absolute atomic E-state index is 6.21. The number of fused-ring (bicyclic) bond motifs is 1. The molecule has 4 heteroatoms. The summed E-state index contributed by atoms with van der Waals surface area (Å²) in [6, 6.07) is 6.84. The summed E-state index contributed by atoms with van der Waals surface area (Å²) in [6.45, 7) is 3.16. The number of aromatic nitrogens is 1. The Kier molecular flexibility index (Phi) is 3.34. The van der Waals surface area contributed by atoms with Gasteiger partial charge in [-0.15, -0.1) is 11.3 Å². The molecule has 1 aliphatic carbocycles. The van der Waals surface area contributed by atoms with E-state index in [0.29, 0.717) is 0 Å². The lowest BCUT2D eigenvalue weighted by Crippen LogP contribution is -2.18. The molecule has 2 aromatic rings. The van der Waals surface area contributed by atoms with Crippen LogP contribution in [0.1, 0.15) is 40.7 Å². The van der Waals surface area contributed by atoms with Gasteiger partial charge in [0.05, 0.1) is 10.3 Å². The molecule has 0 bridgehead atoms. The zero-order valence-electron chi connectivity index (χ0n) is 10.4. The number of halogens is 1. The predicted molar refractivity (Wildman–Crippen MR) is 80.2 cm³/mol. The molecule has 0 saturated carbocycles. The molecule has 96 valence electrons. The van der Waals surface area contributed by atoms with Crippen LogP contribution in [0.5, 0.6) is 0 Å². The Morgan fingerprint density at radius 1 is 1.50 bits per heavy atom. The van der Waals surface area contributed by atoms with Gasteiger partial charge in [0.25, 0.3) is 0 Å². The summed E-state index contributed by atoms with van der Waals surface area (Å²) in [5, 5.41) is 0. The van der Waals surface area contributed by atoms with Crippen LogP contribution in [0.15, 0.2) is 22.0 Å². The van der Waals surface area contributed by atoms with Crippen molar-refractivity contribution in [3.05, 3.63) is 43.8 Å². The number of hydrogen-bond donors (Lipinski definition) is 1. The maximum atomic E-state index is 6.21. The molecule has 1 atom stereocenters. The maximum Gasteiger partial charge on any atom is 0.0702 e. The van der Waals surface area contributed by atoms with E-state index < -0.39 is 0 Å². The summed E-state index contributed by atoms with van der Waals surface area (Å²) in [6.07, 6.45) is 3.51. The first-order valence-corrected chi connectivity index (χ1v) is 7.95. The van der Waals surface area contributed by atoms with E-state index in [1.807, 2.05) is 11.3 Å². The number of rotatable bonds is 2. The van der Waals surface area contributed by atoms with Crippen molar-refractivity contribution < 1.29 is 0 Å². The van der Waals surface area contributed by atoms with Crippen LogP contribution < -0.4 is 5.73 Å². The lowest BCUT2D eigenvalue weighted by Gasteiger charge is -2.21. The highest BCUT2D eigenvalue weighted by Crippen LogP contribution is 2.32. The quantitative estimate of drug-likeness (QED) is 0.889. The Balaban J connectivity index is 1.97. The standard InChI is InChI=1S/C14H17BrN2S/c1-9-7-11-12(16)3-2-4-13(11)17(9)8-10-5-6-14(15)18-10/h5-7,12H,2-4,8,16H2,1H3. The second-order valence-electron chi connectivity index (χ2n) is 4.98. The van der Waals surface area contributed by atoms with Crippen molar-refractivity contribution in [3.63, 3.8) is 0 Å². The van der Waals surface area contributed by atoms with Crippen molar-refractivity contribution in [1.29, 1.82) is 0 Å². The fraction of sp³-hybridized carbons (Fsp3) is 0.429. The highest BCUT2D eigenvalue weighted by Gasteiger charge is 2.22. The molecule has 0 radical (unpaired) electrons. The monoisotopic (exact) mass is 324 g/mol. The van der Waals surface area contributed by atoms with Crippen molar-refractivity contribution in [2.75, 3.05) is 0 Å². The number of hydrogen-bond acceptors (Lipinski definition) is 2. The van der Waals surface area contributed by atoms with Crippen LogP contribution in [0, 0.1) is 6.92 Å². The van der Waals surface area contributed by atoms with Gasteiger partial charge in [0, 0.05) is 22.3 Å². The van der Waals surface area contributed by atoms with Gasteiger partial charge in [-0.05, 0) is 65.9 Å². The molecule has 2 heterocycles. The molecule has 2 nitrogen and oxygen atoms in total. The van der Waals surface area contributed by atoms with Crippen LogP contribution in [-0.4, -0.2) is 4.57 Å². The molecule has 3 rings (SSSR count). The SMILES string of the molecule is Cc1cc2c(n1Cc1ccc(Br)s1)CCCC2N. The molecule has 18 heavy (non-hydrogen) atoms. The second-order valence-corrected chi connectivity index (χ2v) is 7.53. The fourth-order valence-electron chi connectivity index (χ4n) is 2.81. The number of nitrogens with two attached hydrogens (primary N) is 1. The van der Waals surface area contributed by atoms with Gasteiger partial charge in [0.1, 0.15) is 0 Å². The first-order chi connectivity index (χ1) is 8.65. The minimum atomic E-state index is 0.240. The topological polar surface area (TPSA) is 30.9 Å². The molecule has 0 aromatic carbocycles. The Hall–Kier alpha value is -0.580. The van der Waals surface area contributed by atoms with Crippen molar-refractivity contribution in [2.24, 2.45) is 5.73 Å². The van der Waals surface area contributed by atoms with E-state index in [9.17, 15) is 0 Å². The summed E-state index contributed by atoms with van der Waals surface area (Å²) in [5.74, 6) is 0. The average molecular weight is 325 g/mol. The smallest absolute Gasteiger partial charge is 0.0702 e. The Morgan fingerprint density at radius 2 is 2.33 bits per heavy atom. The third-order valence-electron chi connectivity index (χ3n) is 3.72. The van der Waals surface area contributed by atoms with Gasteiger partial charge in [0.15, 0.2) is 0 Å². The highest BCUT2D eigenvalue weighted by molar-refractivity contribution is 9.11. The summed E-state index contributed by atoms with van der Waals surface area (Å²) < 4.78 is 3.64. The normalized spacial score (nSPS) is 18.9. The van der Waals surface area contributed by atoms with E-state index in [0.717, 1.165) is 13.0 Å². The van der Waals surface area contributed by atoms with E-state index >= 15 is 0 Å². The van der Waals surface area contributed by atoms with E-state index in [1.54, 1.807) is 0 Å². The lowest BCUT2D eigenvalue weighted by molar-refractivity contribution is 0.547. The third kappa shape index (κ3) is 2.17. The Morgan fingerprint density at radius 3 is 3.06 bits per heavy atom. The number of nitrogens with zero attached hydrogens (tertiary/aromatic N) is 1. The molecule has 1 unspecified atom stereocenters. The van der Waals surface area contributed by atoms with Crippen LogP contribution in [0.25, 0.3) is 0 Å². The Bertz CT molecular complexity index is 570. The van der Waals surface area contributed by atoms with Gasteiger partial charge in [-0.1, -0.05) is 0 Å². The first kappa shape index (κ1) is 12.5.